The molecule has 0 spiro atoms. The van der Waals surface area contributed by atoms with Crippen LogP contribution in [0.15, 0.2) is 41.3 Å². The van der Waals surface area contributed by atoms with E-state index < -0.39 is 9.05 Å². The minimum Gasteiger partial charge on any atom is -0.324 e. The number of nitrogens with one attached hydrogen (secondary N) is 1. The zero-order chi connectivity index (χ0) is 17.3. The van der Waals surface area contributed by atoms with Gasteiger partial charge in [0.05, 0.1) is 10.6 Å². The first-order valence-corrected chi connectivity index (χ1v) is 10.2. The molecule has 1 atom stereocenters. The Labute approximate surface area is 146 Å². The molecular weight excluding hydrogens is 348 g/mol. The van der Waals surface area contributed by atoms with Gasteiger partial charge in [-0.25, -0.2) is 13.2 Å². The van der Waals surface area contributed by atoms with Crippen molar-refractivity contribution in [1.29, 1.82) is 0 Å². The number of hydrogen-bond acceptors (Lipinski definition) is 3. The molecule has 5 nitrogen and oxygen atoms in total. The Morgan fingerprint density at radius 1 is 1.21 bits per heavy atom. The van der Waals surface area contributed by atoms with Crippen LogP contribution in [0.2, 0.25) is 0 Å². The predicted molar refractivity (Wildman–Crippen MR) is 96.0 cm³/mol. The van der Waals surface area contributed by atoms with Gasteiger partial charge in [-0.1, -0.05) is 31.2 Å². The number of hydrogen-bond donors (Lipinski definition) is 1. The summed E-state index contributed by atoms with van der Waals surface area (Å²) < 4.78 is 23.5. The number of rotatable bonds is 2. The number of piperidine rings is 1. The van der Waals surface area contributed by atoms with Crippen LogP contribution in [0.5, 0.6) is 0 Å². The third-order valence-electron chi connectivity index (χ3n) is 4.33. The van der Waals surface area contributed by atoms with Crippen LogP contribution < -0.4 is 5.32 Å². The number of nitrogens with zero attached hydrogens (tertiary/aromatic N) is 1. The van der Waals surface area contributed by atoms with E-state index >= 15 is 0 Å². The van der Waals surface area contributed by atoms with E-state index in [-0.39, 0.29) is 10.9 Å². The first-order valence-electron chi connectivity index (χ1n) is 7.88. The molecule has 1 saturated heterocycles. The molecule has 0 unspecified atom stereocenters. The van der Waals surface area contributed by atoms with Crippen molar-refractivity contribution in [3.8, 4) is 0 Å². The minimum absolute atomic E-state index is 0.0457. The molecule has 1 heterocycles. The van der Waals surface area contributed by atoms with Gasteiger partial charge in [0.2, 0.25) is 0 Å². The van der Waals surface area contributed by atoms with Gasteiger partial charge in [-0.3, -0.25) is 0 Å². The highest BCUT2D eigenvalue weighted by atomic mass is 35.7. The molecular formula is C17H19ClN2O3S. The number of fused-ring (bicyclic) bond motifs is 1. The third kappa shape index (κ3) is 3.49. The van der Waals surface area contributed by atoms with Crippen LogP contribution in [0.4, 0.5) is 10.5 Å². The molecule has 0 aliphatic carbocycles. The van der Waals surface area contributed by atoms with Crippen molar-refractivity contribution in [2.45, 2.75) is 24.7 Å². The highest BCUT2D eigenvalue weighted by Crippen LogP contribution is 2.30. The average molecular weight is 367 g/mol. The average Bonchev–Trinajstić information content (AvgIpc) is 2.53. The Morgan fingerprint density at radius 3 is 2.62 bits per heavy atom. The number of carbonyl (C=O) groups is 1. The van der Waals surface area contributed by atoms with Crippen LogP contribution >= 0.6 is 10.7 Å². The van der Waals surface area contributed by atoms with Gasteiger partial charge in [0.15, 0.2) is 0 Å². The van der Waals surface area contributed by atoms with Gasteiger partial charge in [-0.15, -0.1) is 0 Å². The third-order valence-corrected chi connectivity index (χ3v) is 5.71. The summed E-state index contributed by atoms with van der Waals surface area (Å²) in [7, 11) is 1.66. The van der Waals surface area contributed by atoms with Gasteiger partial charge in [0.1, 0.15) is 0 Å². The number of halogens is 1. The second-order valence-corrected chi connectivity index (χ2v) is 8.75. The summed E-state index contributed by atoms with van der Waals surface area (Å²) in [6.07, 6.45) is 2.13. The number of amides is 2. The fourth-order valence-corrected chi connectivity index (χ4v) is 4.26. The van der Waals surface area contributed by atoms with E-state index in [1.165, 1.54) is 6.07 Å². The van der Waals surface area contributed by atoms with E-state index in [1.54, 1.807) is 35.2 Å². The van der Waals surface area contributed by atoms with Crippen molar-refractivity contribution in [3.05, 3.63) is 36.4 Å². The molecule has 0 bridgehead atoms. The summed E-state index contributed by atoms with van der Waals surface area (Å²) in [6.45, 7) is 3.61. The van der Waals surface area contributed by atoms with Crippen LogP contribution in [0, 0.1) is 5.92 Å². The minimum atomic E-state index is -3.85. The number of urea groups is 1. The summed E-state index contributed by atoms with van der Waals surface area (Å²) in [4.78, 5) is 14.4. The summed E-state index contributed by atoms with van der Waals surface area (Å²) in [6, 6.07) is 9.85. The lowest BCUT2D eigenvalue weighted by Gasteiger charge is -2.31. The Kier molecular flexibility index (Phi) is 4.69. The fourth-order valence-electron chi connectivity index (χ4n) is 3.17. The van der Waals surface area contributed by atoms with E-state index in [9.17, 15) is 13.2 Å². The Bertz CT molecular complexity index is 883. The quantitative estimate of drug-likeness (QED) is 0.816. The number of anilines is 1. The van der Waals surface area contributed by atoms with Crippen molar-refractivity contribution in [2.24, 2.45) is 5.92 Å². The van der Waals surface area contributed by atoms with Crippen LogP contribution in [0.25, 0.3) is 10.8 Å². The van der Waals surface area contributed by atoms with Gasteiger partial charge < -0.3 is 10.2 Å². The Hall–Kier alpha value is -1.79. The standard InChI is InChI=1S/C17H19ClN2O3S/c1-12-5-4-10-20(11-12)17(21)19-15-8-2-7-14-13(15)6-3-9-16(14)24(18,22)23/h2-3,6-9,12H,4-5,10-11H2,1H3,(H,19,21)/t12-/m1/s1. The SMILES string of the molecule is C[C@@H]1CCCN(C(=O)Nc2cccc3c(S(=O)(=O)Cl)cccc23)C1. The van der Waals surface area contributed by atoms with Crippen molar-refractivity contribution >= 4 is 42.2 Å². The molecule has 0 radical (unpaired) electrons. The van der Waals surface area contributed by atoms with Crippen LogP contribution in [-0.4, -0.2) is 32.4 Å². The monoisotopic (exact) mass is 366 g/mol. The van der Waals surface area contributed by atoms with E-state index in [4.69, 9.17) is 10.7 Å². The normalized spacial score (nSPS) is 18.6. The zero-order valence-corrected chi connectivity index (χ0v) is 14.9. The van der Waals surface area contributed by atoms with Gasteiger partial charge in [0, 0.05) is 34.5 Å². The van der Waals surface area contributed by atoms with Gasteiger partial charge in [-0.2, -0.15) is 0 Å². The topological polar surface area (TPSA) is 66.5 Å². The highest BCUT2D eigenvalue weighted by molar-refractivity contribution is 8.14. The predicted octanol–water partition coefficient (Wildman–Crippen LogP) is 4.03. The van der Waals surface area contributed by atoms with Crippen molar-refractivity contribution < 1.29 is 13.2 Å². The first kappa shape index (κ1) is 17.0. The summed E-state index contributed by atoms with van der Waals surface area (Å²) >= 11 is 0. The van der Waals surface area contributed by atoms with E-state index in [0.29, 0.717) is 22.4 Å². The van der Waals surface area contributed by atoms with Gasteiger partial charge in [-0.05, 0) is 30.9 Å². The molecule has 1 fully saturated rings. The molecule has 0 saturated carbocycles. The van der Waals surface area contributed by atoms with E-state index in [1.807, 2.05) is 0 Å². The maximum absolute atomic E-state index is 12.5. The maximum Gasteiger partial charge on any atom is 0.321 e. The van der Waals surface area contributed by atoms with Crippen molar-refractivity contribution in [3.63, 3.8) is 0 Å². The van der Waals surface area contributed by atoms with Gasteiger partial charge in [0.25, 0.3) is 9.05 Å². The van der Waals surface area contributed by atoms with Crippen LogP contribution in [0.3, 0.4) is 0 Å². The van der Waals surface area contributed by atoms with Gasteiger partial charge >= 0.3 is 6.03 Å². The van der Waals surface area contributed by atoms with E-state index in [0.717, 1.165) is 25.9 Å². The Balaban J connectivity index is 1.94. The molecule has 0 aromatic heterocycles. The fraction of sp³-hybridized carbons (Fsp3) is 0.353. The molecule has 2 amide bonds. The smallest absolute Gasteiger partial charge is 0.321 e. The van der Waals surface area contributed by atoms with Crippen molar-refractivity contribution in [1.82, 2.24) is 4.90 Å². The molecule has 24 heavy (non-hydrogen) atoms. The van der Waals surface area contributed by atoms with Crippen LogP contribution in [0.1, 0.15) is 19.8 Å². The lowest BCUT2D eigenvalue weighted by Crippen LogP contribution is -2.41. The molecule has 128 valence electrons. The molecule has 7 heteroatoms. The molecule has 2 aromatic rings. The van der Waals surface area contributed by atoms with E-state index in [2.05, 4.69) is 12.2 Å². The molecule has 1 aliphatic heterocycles. The molecule has 1 N–H and O–H groups in total. The van der Waals surface area contributed by atoms with Crippen molar-refractivity contribution in [2.75, 3.05) is 18.4 Å². The Morgan fingerprint density at radius 2 is 1.92 bits per heavy atom. The summed E-state index contributed by atoms with van der Waals surface area (Å²) in [5.74, 6) is 0.491. The molecule has 1 aliphatic rings. The second-order valence-electron chi connectivity index (χ2n) is 6.22. The highest BCUT2D eigenvalue weighted by Gasteiger charge is 2.22. The summed E-state index contributed by atoms with van der Waals surface area (Å²) in [5, 5.41) is 4.05. The number of carbonyl (C=O) groups excluding carboxylic acids is 1. The second kappa shape index (κ2) is 6.61. The zero-order valence-electron chi connectivity index (χ0n) is 13.3. The summed E-state index contributed by atoms with van der Waals surface area (Å²) in [5.41, 5.74) is 0.581. The number of benzene rings is 2. The maximum atomic E-state index is 12.5. The van der Waals surface area contributed by atoms with Crippen LogP contribution in [-0.2, 0) is 9.05 Å². The largest absolute Gasteiger partial charge is 0.324 e. The lowest BCUT2D eigenvalue weighted by atomic mass is 10.0. The molecule has 3 rings (SSSR count). The number of likely N-dealkylation sites (tertiary alicyclic amines) is 1. The molecule has 2 aromatic carbocycles. The lowest BCUT2D eigenvalue weighted by molar-refractivity contribution is 0.182. The first-order chi connectivity index (χ1) is 11.4.